The van der Waals surface area contributed by atoms with Crippen molar-refractivity contribution >= 4 is 38.6 Å². The van der Waals surface area contributed by atoms with Gasteiger partial charge in [0.1, 0.15) is 27.3 Å². The van der Waals surface area contributed by atoms with Crippen molar-refractivity contribution in [2.45, 2.75) is 0 Å². The van der Waals surface area contributed by atoms with E-state index in [9.17, 15) is 9.90 Å². The highest BCUT2D eigenvalue weighted by Crippen LogP contribution is 2.42. The van der Waals surface area contributed by atoms with Crippen LogP contribution in [0.5, 0.6) is 17.2 Å². The number of allylic oxidation sites excluding steroid dienone is 1. The molecule has 0 aliphatic rings. The van der Waals surface area contributed by atoms with Crippen LogP contribution in [-0.4, -0.2) is 25.1 Å². The zero-order chi connectivity index (χ0) is 18.7. The van der Waals surface area contributed by atoms with Crippen molar-refractivity contribution in [2.75, 3.05) is 14.2 Å². The van der Waals surface area contributed by atoms with E-state index in [0.717, 1.165) is 16.3 Å². The number of aromatic hydroxyl groups is 1. The van der Waals surface area contributed by atoms with E-state index in [1.54, 1.807) is 12.1 Å². The van der Waals surface area contributed by atoms with Gasteiger partial charge in [-0.05, 0) is 44.4 Å². The second-order valence-corrected chi connectivity index (χ2v) is 6.42. The molecular weight excluding hydrogens is 396 g/mol. The van der Waals surface area contributed by atoms with E-state index in [-0.39, 0.29) is 22.8 Å². The maximum atomic E-state index is 12.6. The Bertz CT molecular complexity index is 1010. The van der Waals surface area contributed by atoms with Crippen LogP contribution in [0.1, 0.15) is 15.9 Å². The van der Waals surface area contributed by atoms with E-state index in [2.05, 4.69) is 15.9 Å². The Labute approximate surface area is 159 Å². The summed E-state index contributed by atoms with van der Waals surface area (Å²) in [5.74, 6) is 0.0512. The zero-order valence-corrected chi connectivity index (χ0v) is 15.9. The minimum absolute atomic E-state index is 0.0808. The van der Waals surface area contributed by atoms with Gasteiger partial charge in [-0.15, -0.1) is 0 Å². The Morgan fingerprint density at radius 3 is 2.38 bits per heavy atom. The molecular formula is C21H17BrO4. The summed E-state index contributed by atoms with van der Waals surface area (Å²) in [6, 6.07) is 15.5. The summed E-state index contributed by atoms with van der Waals surface area (Å²) in [4.78, 5) is 12.6. The number of hydrogen-bond donors (Lipinski definition) is 1. The number of rotatable bonds is 5. The highest BCUT2D eigenvalue weighted by atomic mass is 79.9. The summed E-state index contributed by atoms with van der Waals surface area (Å²) in [6.45, 7) is 0. The third-order valence-electron chi connectivity index (χ3n) is 4.06. The van der Waals surface area contributed by atoms with Crippen LogP contribution in [0.3, 0.4) is 0 Å². The Kier molecular flexibility index (Phi) is 5.28. The van der Waals surface area contributed by atoms with Gasteiger partial charge >= 0.3 is 0 Å². The molecule has 0 fully saturated rings. The largest absolute Gasteiger partial charge is 0.506 e. The second kappa shape index (κ2) is 7.62. The smallest absolute Gasteiger partial charge is 0.193 e. The molecule has 132 valence electrons. The van der Waals surface area contributed by atoms with Crippen molar-refractivity contribution in [1.82, 2.24) is 0 Å². The van der Waals surface area contributed by atoms with Crippen LogP contribution in [0.15, 0.2) is 59.1 Å². The number of carbonyl (C=O) groups is 1. The number of fused-ring (bicyclic) bond motifs is 1. The van der Waals surface area contributed by atoms with Crippen molar-refractivity contribution in [3.63, 3.8) is 0 Å². The van der Waals surface area contributed by atoms with E-state index in [0.29, 0.717) is 10.2 Å². The summed E-state index contributed by atoms with van der Waals surface area (Å²) in [5.41, 5.74) is 0.972. The van der Waals surface area contributed by atoms with Gasteiger partial charge in [0.25, 0.3) is 0 Å². The minimum atomic E-state index is -0.365. The number of benzene rings is 3. The molecule has 0 radical (unpaired) electrons. The fourth-order valence-electron chi connectivity index (χ4n) is 2.71. The average molecular weight is 413 g/mol. The van der Waals surface area contributed by atoms with E-state index in [4.69, 9.17) is 9.47 Å². The summed E-state index contributed by atoms with van der Waals surface area (Å²) in [7, 11) is 2.91. The van der Waals surface area contributed by atoms with Crippen LogP contribution in [-0.2, 0) is 0 Å². The maximum Gasteiger partial charge on any atom is 0.193 e. The molecule has 0 atom stereocenters. The van der Waals surface area contributed by atoms with Gasteiger partial charge in [-0.1, -0.05) is 42.5 Å². The second-order valence-electron chi connectivity index (χ2n) is 5.62. The molecule has 0 unspecified atom stereocenters. The Balaban J connectivity index is 1.96. The number of phenols is 1. The fourth-order valence-corrected chi connectivity index (χ4v) is 3.19. The lowest BCUT2D eigenvalue weighted by Gasteiger charge is -2.13. The van der Waals surface area contributed by atoms with Crippen molar-refractivity contribution < 1.29 is 19.4 Å². The van der Waals surface area contributed by atoms with Crippen LogP contribution in [0.25, 0.3) is 16.8 Å². The monoisotopic (exact) mass is 412 g/mol. The molecule has 3 aromatic rings. The van der Waals surface area contributed by atoms with E-state index in [1.807, 2.05) is 42.5 Å². The molecule has 4 nitrogen and oxygen atoms in total. The van der Waals surface area contributed by atoms with Crippen molar-refractivity contribution in [3.05, 3.63) is 70.2 Å². The molecule has 3 aromatic carbocycles. The summed E-state index contributed by atoms with van der Waals surface area (Å²) >= 11 is 3.24. The first kappa shape index (κ1) is 18.0. The van der Waals surface area contributed by atoms with Crippen LogP contribution in [0.4, 0.5) is 0 Å². The topological polar surface area (TPSA) is 55.8 Å². The highest BCUT2D eigenvalue weighted by molar-refractivity contribution is 9.10. The lowest BCUT2D eigenvalue weighted by atomic mass is 10.0. The number of hydrogen-bond acceptors (Lipinski definition) is 4. The lowest BCUT2D eigenvalue weighted by Crippen LogP contribution is -2.01. The van der Waals surface area contributed by atoms with Gasteiger partial charge in [0.15, 0.2) is 5.78 Å². The van der Waals surface area contributed by atoms with Crippen molar-refractivity contribution in [2.24, 2.45) is 0 Å². The first-order valence-electron chi connectivity index (χ1n) is 7.89. The van der Waals surface area contributed by atoms with Crippen LogP contribution in [0.2, 0.25) is 0 Å². The molecule has 0 bridgehead atoms. The Morgan fingerprint density at radius 1 is 1.00 bits per heavy atom. The molecule has 0 aliphatic heterocycles. The van der Waals surface area contributed by atoms with Gasteiger partial charge in [-0.25, -0.2) is 0 Å². The number of carbonyl (C=O) groups excluding carboxylic acids is 1. The van der Waals surface area contributed by atoms with Crippen LogP contribution >= 0.6 is 15.9 Å². The molecule has 0 aliphatic carbocycles. The quantitative estimate of drug-likeness (QED) is 0.460. The molecule has 0 saturated carbocycles. The van der Waals surface area contributed by atoms with Crippen molar-refractivity contribution in [3.8, 4) is 17.2 Å². The average Bonchev–Trinajstić information content (AvgIpc) is 2.67. The Morgan fingerprint density at radius 2 is 1.69 bits per heavy atom. The third kappa shape index (κ3) is 3.44. The third-order valence-corrected chi connectivity index (χ3v) is 4.82. The molecule has 26 heavy (non-hydrogen) atoms. The van der Waals surface area contributed by atoms with Crippen molar-refractivity contribution in [1.29, 1.82) is 0 Å². The predicted octanol–water partition coefficient (Wildman–Crippen LogP) is 5.22. The van der Waals surface area contributed by atoms with E-state index < -0.39 is 0 Å². The number of ketones is 1. The SMILES string of the molecule is COc1cc(OC)c(C(=O)/C=C/c2ccc3ccccc3c2)c(O)c1Br. The van der Waals surface area contributed by atoms with Gasteiger partial charge in [0.2, 0.25) is 0 Å². The normalized spacial score (nSPS) is 11.0. The van der Waals surface area contributed by atoms with E-state index >= 15 is 0 Å². The molecule has 5 heteroatoms. The first-order chi connectivity index (χ1) is 12.5. The van der Waals surface area contributed by atoms with Gasteiger partial charge in [0.05, 0.1) is 14.2 Å². The maximum absolute atomic E-state index is 12.6. The minimum Gasteiger partial charge on any atom is -0.506 e. The first-order valence-corrected chi connectivity index (χ1v) is 8.69. The van der Waals surface area contributed by atoms with E-state index in [1.165, 1.54) is 20.3 Å². The number of phenolic OH excluding ortho intramolecular Hbond substituents is 1. The predicted molar refractivity (Wildman–Crippen MR) is 106 cm³/mol. The summed E-state index contributed by atoms with van der Waals surface area (Å²) in [5, 5.41) is 12.6. The van der Waals surface area contributed by atoms with Gasteiger partial charge in [-0.2, -0.15) is 0 Å². The zero-order valence-electron chi connectivity index (χ0n) is 14.3. The van der Waals surface area contributed by atoms with Crippen LogP contribution in [0, 0.1) is 0 Å². The number of halogens is 1. The molecule has 1 N–H and O–H groups in total. The van der Waals surface area contributed by atoms with Crippen LogP contribution < -0.4 is 9.47 Å². The summed E-state index contributed by atoms with van der Waals surface area (Å²) < 4.78 is 10.7. The Hall–Kier alpha value is -2.79. The molecule has 3 rings (SSSR count). The molecule has 0 heterocycles. The lowest BCUT2D eigenvalue weighted by molar-refractivity contribution is 0.104. The number of methoxy groups -OCH3 is 2. The van der Waals surface area contributed by atoms with Gasteiger partial charge in [0, 0.05) is 6.07 Å². The molecule has 0 saturated heterocycles. The summed E-state index contributed by atoms with van der Waals surface area (Å²) in [6.07, 6.45) is 3.13. The molecule has 0 spiro atoms. The van der Waals surface area contributed by atoms with Gasteiger partial charge < -0.3 is 14.6 Å². The number of ether oxygens (including phenoxy) is 2. The fraction of sp³-hybridized carbons (Fsp3) is 0.0952. The molecule has 0 amide bonds. The highest BCUT2D eigenvalue weighted by Gasteiger charge is 2.21. The standard InChI is InChI=1S/C21H17BrO4/c1-25-17-12-18(26-2)20(22)21(24)19(17)16(23)10-8-13-7-9-14-5-3-4-6-15(14)11-13/h3-12,24H,1-2H3/b10-8+. The van der Waals surface area contributed by atoms with Gasteiger partial charge in [-0.3, -0.25) is 4.79 Å². The molecule has 0 aromatic heterocycles.